The SMILES string of the molecule is CCCCC(CCCC)N([C@@H]1CCc2ccccc21)p1oc2ccc3ccccc3c2c2c(ccc3ccccc32)o1. The molecule has 1 aliphatic carbocycles. The molecule has 0 spiro atoms. The van der Waals surface area contributed by atoms with Crippen LogP contribution in [0.5, 0.6) is 0 Å². The highest BCUT2D eigenvalue weighted by atomic mass is 31.1. The molecule has 0 bridgehead atoms. The van der Waals surface area contributed by atoms with Crippen molar-refractivity contribution >= 4 is 51.6 Å². The number of fused-ring (bicyclic) bond motifs is 8. The van der Waals surface area contributed by atoms with Crippen LogP contribution in [0.3, 0.4) is 0 Å². The van der Waals surface area contributed by atoms with Crippen molar-refractivity contribution in [2.45, 2.75) is 77.3 Å². The second-order valence-electron chi connectivity index (χ2n) is 11.8. The Hall–Kier alpha value is -3.52. The Balaban J connectivity index is 1.56. The molecule has 1 heterocycles. The molecule has 0 saturated heterocycles. The highest BCUT2D eigenvalue weighted by molar-refractivity contribution is 7.39. The molecule has 1 aromatic heterocycles. The first kappa shape index (κ1) is 27.3. The third-order valence-electron chi connectivity index (χ3n) is 9.15. The summed E-state index contributed by atoms with van der Waals surface area (Å²) in [6, 6.07) is 35.9. The fraction of sp³-hybridized carbons (Fsp3) is 0.316. The molecule has 6 aromatic rings. The van der Waals surface area contributed by atoms with E-state index in [1.807, 2.05) is 0 Å². The van der Waals surface area contributed by atoms with Gasteiger partial charge in [0.1, 0.15) is 11.2 Å². The summed E-state index contributed by atoms with van der Waals surface area (Å²) in [5, 5.41) is 7.15. The van der Waals surface area contributed by atoms with Crippen LogP contribution >= 0.6 is 8.16 Å². The molecule has 42 heavy (non-hydrogen) atoms. The van der Waals surface area contributed by atoms with Gasteiger partial charge < -0.3 is 8.39 Å². The van der Waals surface area contributed by atoms with E-state index < -0.39 is 8.16 Å². The summed E-state index contributed by atoms with van der Waals surface area (Å²) in [7, 11) is -1.42. The van der Waals surface area contributed by atoms with Crippen molar-refractivity contribution in [1.29, 1.82) is 0 Å². The van der Waals surface area contributed by atoms with Crippen molar-refractivity contribution < 1.29 is 8.39 Å². The van der Waals surface area contributed by atoms with Gasteiger partial charge in [0.15, 0.2) is 0 Å². The Kier molecular flexibility index (Phi) is 7.80. The summed E-state index contributed by atoms with van der Waals surface area (Å²) in [6.07, 6.45) is 9.36. The number of nitrogens with zero attached hydrogens (tertiary/aromatic N) is 1. The van der Waals surface area contributed by atoms with Crippen LogP contribution in [0, 0.1) is 0 Å². The predicted octanol–water partition coefficient (Wildman–Crippen LogP) is 12.0. The lowest BCUT2D eigenvalue weighted by molar-refractivity contribution is 0.443. The topological polar surface area (TPSA) is 29.5 Å². The van der Waals surface area contributed by atoms with Gasteiger partial charge in [-0.25, -0.2) is 0 Å². The average molecular weight is 574 g/mol. The zero-order chi connectivity index (χ0) is 28.5. The number of rotatable bonds is 9. The molecule has 1 atom stereocenters. The van der Waals surface area contributed by atoms with Crippen LogP contribution in [0.15, 0.2) is 105 Å². The molecule has 5 aromatic carbocycles. The van der Waals surface area contributed by atoms with Crippen LogP contribution in [0.1, 0.15) is 76.0 Å². The second-order valence-corrected chi connectivity index (χ2v) is 13.1. The minimum Gasteiger partial charge on any atom is -0.408 e. The van der Waals surface area contributed by atoms with E-state index in [1.54, 1.807) is 0 Å². The molecular formula is C38H40NO2P. The number of hydrogen-bond donors (Lipinski definition) is 0. The minimum absolute atomic E-state index is 0.289. The molecule has 7 rings (SSSR count). The summed E-state index contributed by atoms with van der Waals surface area (Å²) >= 11 is 0. The molecule has 0 fully saturated rings. The number of aryl methyl sites for hydroxylation is 1. The van der Waals surface area contributed by atoms with E-state index in [2.05, 4.69) is 116 Å². The van der Waals surface area contributed by atoms with Gasteiger partial charge in [-0.3, -0.25) is 0 Å². The number of unbranched alkanes of at least 4 members (excludes halogenated alkanes) is 2. The largest absolute Gasteiger partial charge is 0.408 e. The molecule has 0 saturated carbocycles. The highest BCUT2D eigenvalue weighted by Crippen LogP contribution is 2.49. The van der Waals surface area contributed by atoms with Gasteiger partial charge in [0.25, 0.3) is 0 Å². The zero-order valence-corrected chi connectivity index (χ0v) is 25.7. The van der Waals surface area contributed by atoms with E-state index in [0.29, 0.717) is 6.04 Å². The molecule has 3 nitrogen and oxygen atoms in total. The molecule has 0 unspecified atom stereocenters. The van der Waals surface area contributed by atoms with Crippen LogP contribution < -0.4 is 4.67 Å². The van der Waals surface area contributed by atoms with E-state index in [1.165, 1.54) is 58.4 Å². The summed E-state index contributed by atoms with van der Waals surface area (Å²) in [5.41, 5.74) is 4.78. The fourth-order valence-electron chi connectivity index (χ4n) is 7.05. The van der Waals surface area contributed by atoms with Crippen molar-refractivity contribution in [3.05, 3.63) is 108 Å². The first-order valence-corrected chi connectivity index (χ1v) is 17.0. The lowest BCUT2D eigenvalue weighted by Crippen LogP contribution is -2.35. The number of hydrogen-bond acceptors (Lipinski definition) is 3. The van der Waals surface area contributed by atoms with Gasteiger partial charge >= 0.3 is 8.16 Å². The fourth-order valence-corrected chi connectivity index (χ4v) is 8.88. The lowest BCUT2D eigenvalue weighted by atomic mass is 9.99. The monoisotopic (exact) mass is 573 g/mol. The molecule has 1 aliphatic rings. The smallest absolute Gasteiger partial charge is 0.310 e. The molecule has 214 valence electrons. The van der Waals surface area contributed by atoms with E-state index in [0.717, 1.165) is 47.6 Å². The van der Waals surface area contributed by atoms with Gasteiger partial charge in [0.2, 0.25) is 0 Å². The van der Waals surface area contributed by atoms with E-state index in [-0.39, 0.29) is 6.04 Å². The Bertz CT molecular complexity index is 1800. The Morgan fingerprint density at radius 1 is 0.690 bits per heavy atom. The van der Waals surface area contributed by atoms with Crippen LogP contribution in [0.4, 0.5) is 0 Å². The normalized spacial score (nSPS) is 15.0. The molecule has 0 radical (unpaired) electrons. The van der Waals surface area contributed by atoms with Gasteiger partial charge in [-0.05, 0) is 70.5 Å². The van der Waals surface area contributed by atoms with Crippen molar-refractivity contribution in [1.82, 2.24) is 0 Å². The summed E-state index contributed by atoms with van der Waals surface area (Å²) in [6.45, 7) is 4.61. The first-order valence-electron chi connectivity index (χ1n) is 15.8. The maximum Gasteiger partial charge on any atom is 0.310 e. The summed E-state index contributed by atoms with van der Waals surface area (Å²) < 4.78 is 17.1. The van der Waals surface area contributed by atoms with Crippen LogP contribution in [0.25, 0.3) is 43.5 Å². The predicted molar refractivity (Wildman–Crippen MR) is 180 cm³/mol. The lowest BCUT2D eigenvalue weighted by Gasteiger charge is -2.34. The van der Waals surface area contributed by atoms with Crippen molar-refractivity contribution in [3.8, 4) is 0 Å². The second kappa shape index (κ2) is 12.0. The third-order valence-corrected chi connectivity index (χ3v) is 10.8. The zero-order valence-electron chi connectivity index (χ0n) is 24.8. The van der Waals surface area contributed by atoms with Crippen molar-refractivity contribution in [3.63, 3.8) is 0 Å². The quantitative estimate of drug-likeness (QED) is 0.172. The first-order chi connectivity index (χ1) is 20.8. The minimum atomic E-state index is -1.42. The Morgan fingerprint density at radius 3 is 1.83 bits per heavy atom. The molecule has 0 N–H and O–H groups in total. The van der Waals surface area contributed by atoms with Crippen molar-refractivity contribution in [2.75, 3.05) is 4.67 Å². The third kappa shape index (κ3) is 4.93. The van der Waals surface area contributed by atoms with Gasteiger partial charge in [0.05, 0.1) is 0 Å². The standard InChI is InChI=1S/C38H40NO2P/c1-3-5-16-30(17-6-4-2)39(34-24-21-27-13-7-10-18-31(27)34)42-40-35-25-22-28-14-8-11-19-32(28)37(35)38-33-20-12-9-15-29(33)23-26-36(38)41-42/h7-15,18-20,22-23,25-26,30,34H,3-6,16-17,21,24H2,1-2H3/t34-/m1/s1. The van der Waals surface area contributed by atoms with E-state index in [4.69, 9.17) is 8.39 Å². The van der Waals surface area contributed by atoms with Crippen LogP contribution in [-0.2, 0) is 6.42 Å². The molecule has 0 aliphatic heterocycles. The maximum absolute atomic E-state index is 7.20. The van der Waals surface area contributed by atoms with Gasteiger partial charge in [-0.15, -0.1) is 0 Å². The van der Waals surface area contributed by atoms with Crippen LogP contribution in [-0.4, -0.2) is 6.04 Å². The molecular weight excluding hydrogens is 533 g/mol. The van der Waals surface area contributed by atoms with Gasteiger partial charge in [-0.2, -0.15) is 4.67 Å². The van der Waals surface area contributed by atoms with Crippen molar-refractivity contribution in [2.24, 2.45) is 0 Å². The Labute approximate surface area is 249 Å². The van der Waals surface area contributed by atoms with Gasteiger partial charge in [-0.1, -0.05) is 124 Å². The number of benzene rings is 5. The molecule has 4 heteroatoms. The van der Waals surface area contributed by atoms with Crippen LogP contribution in [0.2, 0.25) is 0 Å². The molecule has 0 amide bonds. The maximum atomic E-state index is 7.20. The highest BCUT2D eigenvalue weighted by Gasteiger charge is 2.36. The van der Waals surface area contributed by atoms with Gasteiger partial charge in [0, 0.05) is 22.9 Å². The summed E-state index contributed by atoms with van der Waals surface area (Å²) in [5.74, 6) is 0. The van der Waals surface area contributed by atoms with E-state index in [9.17, 15) is 0 Å². The van der Waals surface area contributed by atoms with E-state index >= 15 is 0 Å². The Morgan fingerprint density at radius 2 is 1.24 bits per heavy atom. The average Bonchev–Trinajstić information content (AvgIpc) is 3.37. The summed E-state index contributed by atoms with van der Waals surface area (Å²) in [4.78, 5) is 0.